The zero-order valence-electron chi connectivity index (χ0n) is 8.63. The average Bonchev–Trinajstić information content (AvgIpc) is 2.61. The third-order valence-electron chi connectivity index (χ3n) is 2.37. The van der Waals surface area contributed by atoms with Crippen molar-refractivity contribution in [1.82, 2.24) is 0 Å². The molecule has 1 unspecified atom stereocenters. The van der Waals surface area contributed by atoms with Gasteiger partial charge in [-0.05, 0) is 24.6 Å². The van der Waals surface area contributed by atoms with E-state index in [9.17, 15) is 9.18 Å². The standard InChI is InChI=1S/C11H10BrFO3/c1-6-4-10(8(13)5-7(6)12)16-9-2-3-15-11(9)14/h4-5,9H,2-3H2,1H3. The molecule has 1 aliphatic rings. The first-order valence-corrected chi connectivity index (χ1v) is 5.66. The van der Waals surface area contributed by atoms with Gasteiger partial charge in [0, 0.05) is 10.9 Å². The van der Waals surface area contributed by atoms with Crippen molar-refractivity contribution in [1.29, 1.82) is 0 Å². The van der Waals surface area contributed by atoms with Gasteiger partial charge in [-0.25, -0.2) is 9.18 Å². The van der Waals surface area contributed by atoms with Crippen LogP contribution in [0.25, 0.3) is 0 Å². The summed E-state index contributed by atoms with van der Waals surface area (Å²) in [5, 5.41) is 0. The van der Waals surface area contributed by atoms with Crippen molar-refractivity contribution in [2.75, 3.05) is 6.61 Å². The van der Waals surface area contributed by atoms with Crippen molar-refractivity contribution in [2.24, 2.45) is 0 Å². The van der Waals surface area contributed by atoms with E-state index < -0.39 is 17.9 Å². The van der Waals surface area contributed by atoms with Crippen LogP contribution in [-0.2, 0) is 9.53 Å². The lowest BCUT2D eigenvalue weighted by molar-refractivity contribution is -0.143. The number of carbonyl (C=O) groups excluding carboxylic acids is 1. The summed E-state index contributed by atoms with van der Waals surface area (Å²) >= 11 is 3.22. The summed E-state index contributed by atoms with van der Waals surface area (Å²) in [5.74, 6) is -0.832. The highest BCUT2D eigenvalue weighted by atomic mass is 79.9. The van der Waals surface area contributed by atoms with Gasteiger partial charge in [-0.2, -0.15) is 0 Å². The van der Waals surface area contributed by atoms with Gasteiger partial charge in [-0.15, -0.1) is 0 Å². The second kappa shape index (κ2) is 4.41. The van der Waals surface area contributed by atoms with Crippen molar-refractivity contribution >= 4 is 21.9 Å². The lowest BCUT2D eigenvalue weighted by Gasteiger charge is -2.12. The molecule has 0 aromatic heterocycles. The highest BCUT2D eigenvalue weighted by Crippen LogP contribution is 2.27. The Morgan fingerprint density at radius 1 is 1.56 bits per heavy atom. The molecular formula is C11H10BrFO3. The molecule has 1 saturated heterocycles. The fraction of sp³-hybridized carbons (Fsp3) is 0.364. The smallest absolute Gasteiger partial charge is 0.347 e. The minimum Gasteiger partial charge on any atom is -0.476 e. The van der Waals surface area contributed by atoms with Gasteiger partial charge in [0.2, 0.25) is 0 Å². The fourth-order valence-corrected chi connectivity index (χ4v) is 1.77. The summed E-state index contributed by atoms with van der Waals surface area (Å²) in [6, 6.07) is 2.88. The maximum atomic E-state index is 13.5. The van der Waals surface area contributed by atoms with Gasteiger partial charge in [0.25, 0.3) is 0 Å². The number of carbonyl (C=O) groups is 1. The van der Waals surface area contributed by atoms with Gasteiger partial charge in [-0.3, -0.25) is 0 Å². The van der Waals surface area contributed by atoms with Gasteiger partial charge >= 0.3 is 5.97 Å². The summed E-state index contributed by atoms with van der Waals surface area (Å²) in [7, 11) is 0. The van der Waals surface area contributed by atoms with E-state index in [1.165, 1.54) is 6.07 Å². The van der Waals surface area contributed by atoms with E-state index >= 15 is 0 Å². The molecule has 1 fully saturated rings. The molecule has 2 rings (SSSR count). The number of halogens is 2. The molecule has 1 heterocycles. The Bertz CT molecular complexity index is 433. The number of aryl methyl sites for hydroxylation is 1. The zero-order valence-corrected chi connectivity index (χ0v) is 10.2. The van der Waals surface area contributed by atoms with Crippen LogP contribution in [0.3, 0.4) is 0 Å². The van der Waals surface area contributed by atoms with E-state index in [0.29, 0.717) is 17.5 Å². The van der Waals surface area contributed by atoms with E-state index in [2.05, 4.69) is 15.9 Å². The molecule has 5 heteroatoms. The molecule has 0 saturated carbocycles. The van der Waals surface area contributed by atoms with Crippen molar-refractivity contribution < 1.29 is 18.7 Å². The van der Waals surface area contributed by atoms with Crippen LogP contribution >= 0.6 is 15.9 Å². The molecule has 0 radical (unpaired) electrons. The van der Waals surface area contributed by atoms with Crippen molar-refractivity contribution in [2.45, 2.75) is 19.4 Å². The number of esters is 1. The largest absolute Gasteiger partial charge is 0.476 e. The predicted octanol–water partition coefficient (Wildman–Crippen LogP) is 2.59. The number of benzene rings is 1. The minimum absolute atomic E-state index is 0.0875. The summed E-state index contributed by atoms with van der Waals surface area (Å²) in [6.07, 6.45) is -0.219. The normalized spacial score (nSPS) is 19.7. The summed E-state index contributed by atoms with van der Waals surface area (Å²) in [4.78, 5) is 11.2. The second-order valence-electron chi connectivity index (χ2n) is 3.59. The number of rotatable bonds is 2. The number of cyclic esters (lactones) is 1. The second-order valence-corrected chi connectivity index (χ2v) is 4.45. The molecular weight excluding hydrogens is 279 g/mol. The molecule has 16 heavy (non-hydrogen) atoms. The summed E-state index contributed by atoms with van der Waals surface area (Å²) in [6.45, 7) is 2.16. The fourth-order valence-electron chi connectivity index (χ4n) is 1.46. The van der Waals surface area contributed by atoms with Crippen molar-refractivity contribution in [3.8, 4) is 5.75 Å². The van der Waals surface area contributed by atoms with E-state index in [1.807, 2.05) is 6.92 Å². The first-order valence-electron chi connectivity index (χ1n) is 4.87. The first-order chi connectivity index (χ1) is 7.58. The quantitative estimate of drug-likeness (QED) is 0.785. The van der Waals surface area contributed by atoms with Crippen LogP contribution in [0.1, 0.15) is 12.0 Å². The zero-order chi connectivity index (χ0) is 11.7. The molecule has 0 bridgehead atoms. The molecule has 1 aliphatic heterocycles. The van der Waals surface area contributed by atoms with Crippen LogP contribution in [0.5, 0.6) is 5.75 Å². The molecule has 0 amide bonds. The van der Waals surface area contributed by atoms with Crippen molar-refractivity contribution in [3.63, 3.8) is 0 Å². The van der Waals surface area contributed by atoms with Gasteiger partial charge in [0.05, 0.1) is 6.61 Å². The molecule has 86 valence electrons. The first kappa shape index (κ1) is 11.4. The third-order valence-corrected chi connectivity index (χ3v) is 3.22. The van der Waals surface area contributed by atoms with Gasteiger partial charge in [0.1, 0.15) is 0 Å². The van der Waals surface area contributed by atoms with Gasteiger partial charge in [0.15, 0.2) is 17.7 Å². The van der Waals surface area contributed by atoms with Crippen LogP contribution in [0.2, 0.25) is 0 Å². The monoisotopic (exact) mass is 288 g/mol. The SMILES string of the molecule is Cc1cc(OC2CCOC2=O)c(F)cc1Br. The maximum Gasteiger partial charge on any atom is 0.347 e. The van der Waals surface area contributed by atoms with Gasteiger partial charge in [-0.1, -0.05) is 15.9 Å². The molecule has 3 nitrogen and oxygen atoms in total. The molecule has 0 N–H and O–H groups in total. The lowest BCUT2D eigenvalue weighted by atomic mass is 10.2. The minimum atomic E-state index is -0.685. The predicted molar refractivity (Wildman–Crippen MR) is 58.8 cm³/mol. The summed E-state index contributed by atoms with van der Waals surface area (Å²) in [5.41, 5.74) is 0.850. The van der Waals surface area contributed by atoms with E-state index in [0.717, 1.165) is 5.56 Å². The molecule has 0 aliphatic carbocycles. The topological polar surface area (TPSA) is 35.5 Å². The Hall–Kier alpha value is -1.10. The van der Waals surface area contributed by atoms with Gasteiger partial charge < -0.3 is 9.47 Å². The number of ether oxygens (including phenoxy) is 2. The van der Waals surface area contributed by atoms with E-state index in [-0.39, 0.29) is 5.75 Å². The Kier molecular flexibility index (Phi) is 3.14. The Balaban J connectivity index is 2.21. The Morgan fingerprint density at radius 2 is 2.31 bits per heavy atom. The van der Waals surface area contributed by atoms with E-state index in [1.54, 1.807) is 6.07 Å². The Morgan fingerprint density at radius 3 is 2.94 bits per heavy atom. The van der Waals surface area contributed by atoms with Crippen LogP contribution in [-0.4, -0.2) is 18.7 Å². The number of hydrogen-bond donors (Lipinski definition) is 0. The average molecular weight is 289 g/mol. The summed E-state index contributed by atoms with van der Waals surface area (Å²) < 4.78 is 24.2. The third kappa shape index (κ3) is 2.19. The van der Waals surface area contributed by atoms with Crippen LogP contribution < -0.4 is 4.74 Å². The highest BCUT2D eigenvalue weighted by Gasteiger charge is 2.29. The highest BCUT2D eigenvalue weighted by molar-refractivity contribution is 9.10. The van der Waals surface area contributed by atoms with Crippen LogP contribution in [0, 0.1) is 12.7 Å². The van der Waals surface area contributed by atoms with E-state index in [4.69, 9.17) is 9.47 Å². The molecule has 1 aromatic rings. The van der Waals surface area contributed by atoms with Crippen LogP contribution in [0.4, 0.5) is 4.39 Å². The molecule has 0 spiro atoms. The molecule has 1 aromatic carbocycles. The van der Waals surface area contributed by atoms with Crippen LogP contribution in [0.15, 0.2) is 16.6 Å². The lowest BCUT2D eigenvalue weighted by Crippen LogP contribution is -2.22. The maximum absolute atomic E-state index is 13.5. The number of hydrogen-bond acceptors (Lipinski definition) is 3. The molecule has 1 atom stereocenters. The Labute approximate surface area is 101 Å². The van der Waals surface area contributed by atoms with Crippen molar-refractivity contribution in [3.05, 3.63) is 28.0 Å².